The molecule has 2 aliphatic rings. The summed E-state index contributed by atoms with van der Waals surface area (Å²) in [6.45, 7) is 0. The molecule has 0 spiro atoms. The maximum absolute atomic E-state index is 6.50. The van der Waals surface area contributed by atoms with Crippen molar-refractivity contribution >= 4 is 0 Å². The van der Waals surface area contributed by atoms with Gasteiger partial charge in [-0.05, 0) is 12.8 Å². The lowest BCUT2D eigenvalue weighted by atomic mass is 9.95. The van der Waals surface area contributed by atoms with Crippen LogP contribution in [0.4, 0.5) is 0 Å². The van der Waals surface area contributed by atoms with Crippen molar-refractivity contribution in [3.8, 4) is 0 Å². The third-order valence-electron chi connectivity index (χ3n) is 4.58. The van der Waals surface area contributed by atoms with Crippen molar-refractivity contribution in [3.63, 3.8) is 0 Å². The summed E-state index contributed by atoms with van der Waals surface area (Å²) >= 11 is 0. The first-order chi connectivity index (χ1) is 10.4. The first-order valence-electron chi connectivity index (χ1n) is 7.85. The van der Waals surface area contributed by atoms with E-state index in [0.29, 0.717) is 0 Å². The van der Waals surface area contributed by atoms with Crippen molar-refractivity contribution in [1.82, 2.24) is 0 Å². The van der Waals surface area contributed by atoms with Gasteiger partial charge in [-0.2, -0.15) is 0 Å². The molecule has 21 heavy (non-hydrogen) atoms. The van der Waals surface area contributed by atoms with E-state index in [1.165, 1.54) is 12.8 Å². The monoisotopic (exact) mass is 280 g/mol. The number of hydrogen-bond acceptors (Lipinski definition) is 2. The van der Waals surface area contributed by atoms with Crippen LogP contribution in [-0.2, 0) is 15.3 Å². The van der Waals surface area contributed by atoms with Crippen molar-refractivity contribution < 1.29 is 9.47 Å². The molecular weight excluding hydrogens is 260 g/mol. The largest absolute Gasteiger partial charge is 0.336 e. The summed E-state index contributed by atoms with van der Waals surface area (Å²) in [4.78, 5) is 0. The Labute approximate surface area is 125 Å². The standard InChI is InChI=1S/C19H20O2/c1-3-9-15(10-4-1)19(16-11-5-2-6-12-16)20-17-13-7-8-14-18(17)21-19/h1-6,9-12,17-18H,7-8,13-14H2/t17-,18-/m0/s1. The fraction of sp³-hybridized carbons (Fsp3) is 0.368. The van der Waals surface area contributed by atoms with E-state index in [1.54, 1.807) is 0 Å². The molecule has 2 heteroatoms. The minimum absolute atomic E-state index is 0.221. The van der Waals surface area contributed by atoms with Crippen molar-refractivity contribution in [2.24, 2.45) is 0 Å². The number of hydrogen-bond donors (Lipinski definition) is 0. The molecule has 0 radical (unpaired) electrons. The summed E-state index contributed by atoms with van der Waals surface area (Å²) < 4.78 is 13.0. The van der Waals surface area contributed by atoms with Crippen LogP contribution in [0.3, 0.4) is 0 Å². The Balaban J connectivity index is 1.81. The SMILES string of the molecule is c1ccc(C2(c3ccccc3)O[C@H]3CCCC[C@@H]3O2)cc1. The van der Waals surface area contributed by atoms with E-state index >= 15 is 0 Å². The molecule has 0 aromatic heterocycles. The van der Waals surface area contributed by atoms with Gasteiger partial charge in [0.05, 0.1) is 12.2 Å². The molecule has 1 aliphatic heterocycles. The van der Waals surface area contributed by atoms with Crippen LogP contribution in [0.25, 0.3) is 0 Å². The van der Waals surface area contributed by atoms with Crippen molar-refractivity contribution in [3.05, 3.63) is 71.8 Å². The van der Waals surface area contributed by atoms with Gasteiger partial charge in [0.15, 0.2) is 0 Å². The van der Waals surface area contributed by atoms with Gasteiger partial charge in [-0.25, -0.2) is 0 Å². The second kappa shape index (κ2) is 5.28. The molecule has 0 bridgehead atoms. The van der Waals surface area contributed by atoms with Crippen LogP contribution in [-0.4, -0.2) is 12.2 Å². The molecule has 1 aliphatic carbocycles. The highest BCUT2D eigenvalue weighted by atomic mass is 16.8. The normalized spacial score (nSPS) is 27.2. The molecule has 0 amide bonds. The van der Waals surface area contributed by atoms with E-state index in [-0.39, 0.29) is 12.2 Å². The average molecular weight is 280 g/mol. The molecule has 2 atom stereocenters. The van der Waals surface area contributed by atoms with Crippen molar-refractivity contribution in [1.29, 1.82) is 0 Å². The summed E-state index contributed by atoms with van der Waals surface area (Å²) in [6.07, 6.45) is 5.13. The van der Waals surface area contributed by atoms with E-state index < -0.39 is 5.79 Å². The summed E-state index contributed by atoms with van der Waals surface area (Å²) in [5.74, 6) is -0.734. The van der Waals surface area contributed by atoms with Crippen LogP contribution in [0.15, 0.2) is 60.7 Å². The highest BCUT2D eigenvalue weighted by molar-refractivity contribution is 5.35. The van der Waals surface area contributed by atoms with Gasteiger partial charge in [0.1, 0.15) is 0 Å². The van der Waals surface area contributed by atoms with Crippen LogP contribution in [0, 0.1) is 0 Å². The van der Waals surface area contributed by atoms with Crippen LogP contribution < -0.4 is 0 Å². The Morgan fingerprint density at radius 3 is 1.52 bits per heavy atom. The lowest BCUT2D eigenvalue weighted by Crippen LogP contribution is -2.29. The van der Waals surface area contributed by atoms with Gasteiger partial charge in [-0.15, -0.1) is 0 Å². The van der Waals surface area contributed by atoms with E-state index in [4.69, 9.17) is 9.47 Å². The quantitative estimate of drug-likeness (QED) is 0.819. The molecule has 2 aromatic rings. The molecule has 2 aromatic carbocycles. The van der Waals surface area contributed by atoms with Gasteiger partial charge in [0, 0.05) is 11.1 Å². The van der Waals surface area contributed by atoms with Gasteiger partial charge in [0.25, 0.3) is 0 Å². The number of fused-ring (bicyclic) bond motifs is 1. The smallest absolute Gasteiger partial charge is 0.223 e. The highest BCUT2D eigenvalue weighted by Crippen LogP contribution is 2.46. The number of benzene rings is 2. The van der Waals surface area contributed by atoms with Crippen LogP contribution in [0.2, 0.25) is 0 Å². The van der Waals surface area contributed by atoms with Crippen molar-refractivity contribution in [2.75, 3.05) is 0 Å². The Bertz CT molecular complexity index is 538. The highest BCUT2D eigenvalue weighted by Gasteiger charge is 2.50. The minimum Gasteiger partial charge on any atom is -0.336 e. The molecule has 0 unspecified atom stereocenters. The first kappa shape index (κ1) is 13.1. The third-order valence-corrected chi connectivity index (χ3v) is 4.58. The van der Waals surface area contributed by atoms with Gasteiger partial charge in [0.2, 0.25) is 5.79 Å². The van der Waals surface area contributed by atoms with Gasteiger partial charge < -0.3 is 9.47 Å². The lowest BCUT2D eigenvalue weighted by molar-refractivity contribution is -0.150. The molecule has 1 saturated heterocycles. The summed E-state index contributed by atoms with van der Waals surface area (Å²) in [5.41, 5.74) is 2.18. The molecule has 0 N–H and O–H groups in total. The molecule has 2 nitrogen and oxygen atoms in total. The summed E-state index contributed by atoms with van der Waals surface area (Å²) in [7, 11) is 0. The molecule has 4 rings (SSSR count). The van der Waals surface area contributed by atoms with E-state index in [1.807, 2.05) is 12.1 Å². The van der Waals surface area contributed by atoms with Gasteiger partial charge in [-0.3, -0.25) is 0 Å². The zero-order chi connectivity index (χ0) is 14.1. The molecular formula is C19H20O2. The second-order valence-corrected chi connectivity index (χ2v) is 5.95. The predicted molar refractivity (Wildman–Crippen MR) is 81.9 cm³/mol. The zero-order valence-corrected chi connectivity index (χ0v) is 12.1. The second-order valence-electron chi connectivity index (χ2n) is 5.95. The van der Waals surface area contributed by atoms with E-state index in [9.17, 15) is 0 Å². The van der Waals surface area contributed by atoms with Crippen LogP contribution in [0.5, 0.6) is 0 Å². The fourth-order valence-electron chi connectivity index (χ4n) is 3.54. The number of rotatable bonds is 2. The van der Waals surface area contributed by atoms with E-state index in [2.05, 4.69) is 48.5 Å². The Morgan fingerprint density at radius 2 is 1.10 bits per heavy atom. The van der Waals surface area contributed by atoms with Gasteiger partial charge in [-0.1, -0.05) is 73.5 Å². The number of ether oxygens (including phenoxy) is 2. The average Bonchev–Trinajstić information content (AvgIpc) is 2.97. The minimum atomic E-state index is -0.734. The van der Waals surface area contributed by atoms with Gasteiger partial charge >= 0.3 is 0 Å². The maximum atomic E-state index is 6.50. The zero-order valence-electron chi connectivity index (χ0n) is 12.1. The fourth-order valence-corrected chi connectivity index (χ4v) is 3.54. The Hall–Kier alpha value is -1.64. The van der Waals surface area contributed by atoms with Crippen LogP contribution >= 0.6 is 0 Å². The topological polar surface area (TPSA) is 18.5 Å². The Kier molecular flexibility index (Phi) is 3.28. The predicted octanol–water partition coefficient (Wildman–Crippen LogP) is 4.25. The third kappa shape index (κ3) is 2.19. The molecule has 2 fully saturated rings. The molecule has 108 valence electrons. The maximum Gasteiger partial charge on any atom is 0.223 e. The Morgan fingerprint density at radius 1 is 0.667 bits per heavy atom. The summed E-state index contributed by atoms with van der Waals surface area (Å²) in [6, 6.07) is 20.7. The van der Waals surface area contributed by atoms with Crippen molar-refractivity contribution in [2.45, 2.75) is 43.7 Å². The van der Waals surface area contributed by atoms with E-state index in [0.717, 1.165) is 24.0 Å². The molecule has 1 saturated carbocycles. The molecule has 1 heterocycles. The first-order valence-corrected chi connectivity index (χ1v) is 7.85. The summed E-state index contributed by atoms with van der Waals surface area (Å²) in [5, 5.41) is 0. The van der Waals surface area contributed by atoms with Crippen LogP contribution in [0.1, 0.15) is 36.8 Å². The lowest BCUT2D eigenvalue weighted by Gasteiger charge is -2.29.